The maximum absolute atomic E-state index is 12.7. The molecule has 0 aliphatic rings. The Hall–Kier alpha value is -1.34. The van der Waals surface area contributed by atoms with Gasteiger partial charge in [-0.3, -0.25) is 9.78 Å². The molecule has 0 radical (unpaired) electrons. The van der Waals surface area contributed by atoms with E-state index in [4.69, 9.17) is 0 Å². The minimum absolute atomic E-state index is 0.0337. The highest BCUT2D eigenvalue weighted by Gasteiger charge is 2.25. The number of carbonyl (C=O) groups excluding carboxylic acids is 1. The van der Waals surface area contributed by atoms with Crippen molar-refractivity contribution in [2.75, 3.05) is 17.7 Å². The Morgan fingerprint density at radius 1 is 1.50 bits per heavy atom. The summed E-state index contributed by atoms with van der Waals surface area (Å²) in [5.41, 5.74) is 1.64. The van der Waals surface area contributed by atoms with Crippen molar-refractivity contribution in [2.24, 2.45) is 0 Å². The van der Waals surface area contributed by atoms with Crippen LogP contribution < -0.4 is 4.90 Å². The lowest BCUT2D eigenvalue weighted by molar-refractivity contribution is -0.118. The molecule has 0 aromatic carbocycles. The number of anilines is 1. The van der Waals surface area contributed by atoms with E-state index in [-0.39, 0.29) is 11.2 Å². The third-order valence-corrected chi connectivity index (χ3v) is 5.03. The lowest BCUT2D eigenvalue weighted by Crippen LogP contribution is -2.37. The summed E-state index contributed by atoms with van der Waals surface area (Å²) in [7, 11) is 0. The molecule has 0 aliphatic heterocycles. The quantitative estimate of drug-likeness (QED) is 0.766. The van der Waals surface area contributed by atoms with Gasteiger partial charge >= 0.3 is 0 Å². The van der Waals surface area contributed by atoms with E-state index in [1.807, 2.05) is 38.4 Å². The number of nitrogens with zero attached hydrogens (tertiary/aromatic N) is 4. The Morgan fingerprint density at radius 2 is 2.27 bits per heavy atom. The highest BCUT2D eigenvalue weighted by atomic mass is 79.9. The first-order chi connectivity index (χ1) is 10.6. The molecule has 0 fully saturated rings. The predicted octanol–water partition coefficient (Wildman–Crippen LogP) is 3.52. The minimum Gasteiger partial charge on any atom is -0.308 e. The van der Waals surface area contributed by atoms with Crippen molar-refractivity contribution in [3.05, 3.63) is 35.3 Å². The highest BCUT2D eigenvalue weighted by molar-refractivity contribution is 9.10. The Kier molecular flexibility index (Phi) is 6.02. The van der Waals surface area contributed by atoms with Crippen LogP contribution >= 0.6 is 27.7 Å². The molecule has 22 heavy (non-hydrogen) atoms. The molecule has 0 N–H and O–H groups in total. The van der Waals surface area contributed by atoms with E-state index in [9.17, 15) is 4.79 Å². The Balaban J connectivity index is 2.34. The second kappa shape index (κ2) is 7.78. The molecule has 0 spiro atoms. The van der Waals surface area contributed by atoms with Crippen molar-refractivity contribution in [3.63, 3.8) is 0 Å². The first kappa shape index (κ1) is 17.0. The van der Waals surface area contributed by atoms with Gasteiger partial charge in [0.25, 0.3) is 0 Å². The van der Waals surface area contributed by atoms with Gasteiger partial charge in [0.05, 0.1) is 29.0 Å². The van der Waals surface area contributed by atoms with Crippen molar-refractivity contribution >= 4 is 39.3 Å². The molecule has 0 saturated carbocycles. The van der Waals surface area contributed by atoms with Crippen LogP contribution in [-0.2, 0) is 4.79 Å². The summed E-state index contributed by atoms with van der Waals surface area (Å²) >= 11 is 5.05. The second-order valence-corrected chi connectivity index (χ2v) is 6.47. The summed E-state index contributed by atoms with van der Waals surface area (Å²) in [6, 6.07) is 3.78. The van der Waals surface area contributed by atoms with Gasteiger partial charge in [-0.2, -0.15) is 16.9 Å². The molecule has 118 valence electrons. The van der Waals surface area contributed by atoms with Gasteiger partial charge in [-0.15, -0.1) is 0 Å². The molecule has 2 aromatic rings. The maximum atomic E-state index is 12.7. The number of hydrogen-bond donors (Lipinski definition) is 0. The van der Waals surface area contributed by atoms with Gasteiger partial charge in [-0.25, -0.2) is 4.68 Å². The maximum Gasteiger partial charge on any atom is 0.240 e. The van der Waals surface area contributed by atoms with Crippen LogP contribution in [-0.4, -0.2) is 38.7 Å². The van der Waals surface area contributed by atoms with Gasteiger partial charge in [-0.1, -0.05) is 6.92 Å². The van der Waals surface area contributed by atoms with E-state index in [1.165, 1.54) is 0 Å². The lowest BCUT2D eigenvalue weighted by atomic mass is 10.2. The van der Waals surface area contributed by atoms with Crippen molar-refractivity contribution in [1.82, 2.24) is 14.8 Å². The van der Waals surface area contributed by atoms with Gasteiger partial charge in [0.1, 0.15) is 0 Å². The summed E-state index contributed by atoms with van der Waals surface area (Å²) in [5.74, 6) is 0.115. The molecule has 2 heterocycles. The molecule has 1 unspecified atom stereocenters. The summed E-state index contributed by atoms with van der Waals surface area (Å²) in [5, 5.41) is 4.40. The van der Waals surface area contributed by atoms with E-state index >= 15 is 0 Å². The summed E-state index contributed by atoms with van der Waals surface area (Å²) in [6.07, 6.45) is 8.08. The number of thioether (sulfide) groups is 1. The molecule has 1 amide bonds. The van der Waals surface area contributed by atoms with E-state index in [0.717, 1.165) is 17.8 Å². The molecular formula is C15H19BrN4OS. The largest absolute Gasteiger partial charge is 0.308 e. The fourth-order valence-electron chi connectivity index (χ4n) is 2.21. The van der Waals surface area contributed by atoms with Crippen LogP contribution in [0.25, 0.3) is 5.69 Å². The van der Waals surface area contributed by atoms with Crippen molar-refractivity contribution in [3.8, 4) is 5.69 Å². The Labute approximate surface area is 143 Å². The lowest BCUT2D eigenvalue weighted by Gasteiger charge is -2.23. The number of aromatic nitrogens is 3. The average molecular weight is 383 g/mol. The van der Waals surface area contributed by atoms with E-state index in [0.29, 0.717) is 11.1 Å². The van der Waals surface area contributed by atoms with E-state index in [2.05, 4.69) is 26.0 Å². The zero-order valence-electron chi connectivity index (χ0n) is 12.9. The Morgan fingerprint density at radius 3 is 2.82 bits per heavy atom. The average Bonchev–Trinajstić information content (AvgIpc) is 2.92. The molecule has 5 nitrogen and oxygen atoms in total. The molecular weight excluding hydrogens is 364 g/mol. The molecule has 2 aromatic heterocycles. The number of halogens is 1. The van der Waals surface area contributed by atoms with E-state index < -0.39 is 0 Å². The van der Waals surface area contributed by atoms with Crippen LogP contribution in [0, 0.1) is 0 Å². The van der Waals surface area contributed by atoms with Gasteiger partial charge in [0.2, 0.25) is 5.91 Å². The van der Waals surface area contributed by atoms with Gasteiger partial charge in [-0.05, 0) is 47.7 Å². The number of pyridine rings is 1. The van der Waals surface area contributed by atoms with Crippen molar-refractivity contribution in [2.45, 2.75) is 25.5 Å². The molecule has 0 aliphatic carbocycles. The smallest absolute Gasteiger partial charge is 0.240 e. The second-order valence-electron chi connectivity index (χ2n) is 4.68. The molecule has 7 heteroatoms. The molecule has 2 rings (SSSR count). The summed E-state index contributed by atoms with van der Waals surface area (Å²) in [4.78, 5) is 18.5. The Bertz CT molecular complexity index is 628. The van der Waals surface area contributed by atoms with E-state index in [1.54, 1.807) is 33.7 Å². The van der Waals surface area contributed by atoms with Crippen LogP contribution in [0.15, 0.2) is 35.3 Å². The summed E-state index contributed by atoms with van der Waals surface area (Å²) in [6.45, 7) is 4.60. The third-order valence-electron chi connectivity index (χ3n) is 3.37. The zero-order chi connectivity index (χ0) is 16.1. The SMILES string of the molecule is CCC(SC)C(=O)N(CC)c1cn(-c2cccnc2)nc1Br. The van der Waals surface area contributed by atoms with Crippen molar-refractivity contribution in [1.29, 1.82) is 0 Å². The van der Waals surface area contributed by atoms with Crippen molar-refractivity contribution < 1.29 is 4.79 Å². The normalized spacial score (nSPS) is 12.2. The van der Waals surface area contributed by atoms with Crippen LogP contribution in [0.2, 0.25) is 0 Å². The number of amides is 1. The first-order valence-electron chi connectivity index (χ1n) is 7.12. The number of hydrogen-bond acceptors (Lipinski definition) is 4. The molecule has 0 saturated heterocycles. The highest BCUT2D eigenvalue weighted by Crippen LogP contribution is 2.28. The predicted molar refractivity (Wildman–Crippen MR) is 94.7 cm³/mol. The minimum atomic E-state index is -0.0337. The van der Waals surface area contributed by atoms with Crippen LogP contribution in [0.4, 0.5) is 5.69 Å². The number of carbonyl (C=O) groups is 1. The van der Waals surface area contributed by atoms with Gasteiger partial charge in [0, 0.05) is 12.7 Å². The third kappa shape index (κ3) is 3.52. The molecule has 1 atom stereocenters. The number of rotatable bonds is 6. The van der Waals surface area contributed by atoms with Gasteiger partial charge in [0.15, 0.2) is 4.60 Å². The summed E-state index contributed by atoms with van der Waals surface area (Å²) < 4.78 is 2.38. The zero-order valence-corrected chi connectivity index (χ0v) is 15.3. The molecule has 0 bridgehead atoms. The fraction of sp³-hybridized carbons (Fsp3) is 0.400. The fourth-order valence-corrected chi connectivity index (χ4v) is 3.36. The topological polar surface area (TPSA) is 51.0 Å². The van der Waals surface area contributed by atoms with Crippen LogP contribution in [0.3, 0.4) is 0 Å². The standard InChI is InChI=1S/C15H19BrN4OS/c1-4-13(22-3)15(21)19(5-2)12-10-20(18-14(12)16)11-7-6-8-17-9-11/h6-10,13H,4-5H2,1-3H3. The first-order valence-corrected chi connectivity index (χ1v) is 9.20. The van der Waals surface area contributed by atoms with Crippen LogP contribution in [0.1, 0.15) is 20.3 Å². The van der Waals surface area contributed by atoms with Gasteiger partial charge < -0.3 is 4.90 Å². The monoisotopic (exact) mass is 382 g/mol. The van der Waals surface area contributed by atoms with Crippen LogP contribution in [0.5, 0.6) is 0 Å².